The molecule has 110 valence electrons. The molecule has 0 saturated heterocycles. The maximum absolute atomic E-state index is 12.0. The van der Waals surface area contributed by atoms with Gasteiger partial charge in [-0.2, -0.15) is 0 Å². The summed E-state index contributed by atoms with van der Waals surface area (Å²) in [4.78, 5) is 23.6. The predicted octanol–water partition coefficient (Wildman–Crippen LogP) is 2.49. The van der Waals surface area contributed by atoms with Crippen molar-refractivity contribution >= 4 is 23.5 Å². The lowest BCUT2D eigenvalue weighted by Gasteiger charge is -2.30. The summed E-state index contributed by atoms with van der Waals surface area (Å²) < 4.78 is 5.03. The minimum absolute atomic E-state index is 0.00543. The summed E-state index contributed by atoms with van der Waals surface area (Å²) in [5, 5.41) is 3.03. The minimum atomic E-state index is -0.542. The molecule has 0 aromatic carbocycles. The molecular formula is C14H24ClNO3. The van der Waals surface area contributed by atoms with Crippen LogP contribution in [0.3, 0.4) is 0 Å². The van der Waals surface area contributed by atoms with Crippen LogP contribution in [-0.4, -0.2) is 30.4 Å². The van der Waals surface area contributed by atoms with Crippen LogP contribution in [0.5, 0.6) is 0 Å². The van der Waals surface area contributed by atoms with Gasteiger partial charge in [0.25, 0.3) is 0 Å². The third-order valence-corrected chi connectivity index (χ3v) is 4.30. The van der Waals surface area contributed by atoms with Crippen molar-refractivity contribution in [3.63, 3.8) is 0 Å². The normalized spacial score (nSPS) is 23.8. The number of hydrogen-bond donors (Lipinski definition) is 1. The number of nitrogens with one attached hydrogen (secondary N) is 1. The number of alkyl halides is 1. The summed E-state index contributed by atoms with van der Waals surface area (Å²) in [5.74, 6) is 0.182. The molecule has 0 bridgehead atoms. The standard InChI is InChI=1S/C14H24ClNO3/c1-4-19-12(17)10-5-7-11(8-6-10)16-13(18)14(2,3)9-15/h10-11H,4-9H2,1-3H3,(H,16,18). The van der Waals surface area contributed by atoms with E-state index in [9.17, 15) is 9.59 Å². The van der Waals surface area contributed by atoms with E-state index >= 15 is 0 Å². The van der Waals surface area contributed by atoms with E-state index in [0.717, 1.165) is 25.7 Å². The van der Waals surface area contributed by atoms with Gasteiger partial charge >= 0.3 is 5.97 Å². The van der Waals surface area contributed by atoms with Crippen LogP contribution in [0, 0.1) is 11.3 Å². The van der Waals surface area contributed by atoms with Crippen LogP contribution in [0.15, 0.2) is 0 Å². The molecule has 0 aliphatic heterocycles. The molecule has 0 heterocycles. The molecule has 0 unspecified atom stereocenters. The van der Waals surface area contributed by atoms with Crippen molar-refractivity contribution in [3.05, 3.63) is 0 Å². The second-order valence-electron chi connectivity index (χ2n) is 5.79. The SMILES string of the molecule is CCOC(=O)C1CCC(NC(=O)C(C)(C)CCl)CC1. The lowest BCUT2D eigenvalue weighted by Crippen LogP contribution is -2.45. The quantitative estimate of drug-likeness (QED) is 0.625. The number of carbonyl (C=O) groups is 2. The first-order valence-corrected chi connectivity index (χ1v) is 7.47. The smallest absolute Gasteiger partial charge is 0.308 e. The van der Waals surface area contributed by atoms with Gasteiger partial charge in [0, 0.05) is 11.9 Å². The van der Waals surface area contributed by atoms with Gasteiger partial charge in [-0.05, 0) is 46.5 Å². The van der Waals surface area contributed by atoms with Crippen LogP contribution in [-0.2, 0) is 14.3 Å². The summed E-state index contributed by atoms with van der Waals surface area (Å²) >= 11 is 5.78. The van der Waals surface area contributed by atoms with Gasteiger partial charge < -0.3 is 10.1 Å². The zero-order chi connectivity index (χ0) is 14.5. The first-order chi connectivity index (χ1) is 8.90. The van der Waals surface area contributed by atoms with E-state index < -0.39 is 5.41 Å². The maximum Gasteiger partial charge on any atom is 0.308 e. The third kappa shape index (κ3) is 4.68. The number of halogens is 1. The van der Waals surface area contributed by atoms with E-state index in [2.05, 4.69) is 5.32 Å². The number of amides is 1. The fourth-order valence-electron chi connectivity index (χ4n) is 2.18. The summed E-state index contributed by atoms with van der Waals surface area (Å²) in [7, 11) is 0. The van der Waals surface area contributed by atoms with E-state index in [1.54, 1.807) is 0 Å². The number of hydrogen-bond acceptors (Lipinski definition) is 3. The lowest BCUT2D eigenvalue weighted by molar-refractivity contribution is -0.149. The Kier molecular flexibility index (Phi) is 6.11. The number of rotatable bonds is 5. The number of ether oxygens (including phenoxy) is 1. The molecule has 19 heavy (non-hydrogen) atoms. The highest BCUT2D eigenvalue weighted by Gasteiger charge is 2.32. The zero-order valence-corrected chi connectivity index (χ0v) is 12.8. The Morgan fingerprint density at radius 1 is 1.26 bits per heavy atom. The summed E-state index contributed by atoms with van der Waals surface area (Å²) in [5.41, 5.74) is -0.542. The van der Waals surface area contributed by atoms with Crippen LogP contribution in [0.4, 0.5) is 0 Å². The van der Waals surface area contributed by atoms with Crippen molar-refractivity contribution in [1.29, 1.82) is 0 Å². The zero-order valence-electron chi connectivity index (χ0n) is 12.0. The lowest BCUT2D eigenvalue weighted by atomic mass is 9.85. The monoisotopic (exact) mass is 289 g/mol. The maximum atomic E-state index is 12.0. The van der Waals surface area contributed by atoms with Gasteiger partial charge in [0.2, 0.25) is 5.91 Å². The third-order valence-electron chi connectivity index (χ3n) is 3.63. The summed E-state index contributed by atoms with van der Waals surface area (Å²) in [6.45, 7) is 5.91. The Hall–Kier alpha value is -0.770. The van der Waals surface area contributed by atoms with Crippen molar-refractivity contribution in [2.24, 2.45) is 11.3 Å². The molecule has 1 amide bonds. The number of carbonyl (C=O) groups excluding carboxylic acids is 2. The van der Waals surface area contributed by atoms with Crippen LogP contribution in [0.1, 0.15) is 46.5 Å². The Bertz CT molecular complexity index is 323. The van der Waals surface area contributed by atoms with Gasteiger partial charge in [-0.1, -0.05) is 0 Å². The van der Waals surface area contributed by atoms with Gasteiger partial charge in [-0.25, -0.2) is 0 Å². The molecule has 1 rings (SSSR count). The molecule has 4 nitrogen and oxygen atoms in total. The average molecular weight is 290 g/mol. The first kappa shape index (κ1) is 16.3. The Morgan fingerprint density at radius 2 is 1.84 bits per heavy atom. The highest BCUT2D eigenvalue weighted by Crippen LogP contribution is 2.26. The Morgan fingerprint density at radius 3 is 2.32 bits per heavy atom. The molecule has 0 aromatic rings. The molecule has 1 fully saturated rings. The van der Waals surface area contributed by atoms with Gasteiger partial charge in [0.15, 0.2) is 0 Å². The largest absolute Gasteiger partial charge is 0.466 e. The fourth-order valence-corrected chi connectivity index (χ4v) is 2.30. The summed E-state index contributed by atoms with van der Waals surface area (Å²) in [6, 6.07) is 0.153. The number of esters is 1. The molecule has 0 radical (unpaired) electrons. The molecule has 1 N–H and O–H groups in total. The van der Waals surface area contributed by atoms with Crippen LogP contribution >= 0.6 is 11.6 Å². The highest BCUT2D eigenvalue weighted by atomic mass is 35.5. The molecule has 0 atom stereocenters. The van der Waals surface area contributed by atoms with Crippen molar-refractivity contribution in [3.8, 4) is 0 Å². The van der Waals surface area contributed by atoms with Gasteiger partial charge in [0.1, 0.15) is 0 Å². The summed E-state index contributed by atoms with van der Waals surface area (Å²) in [6.07, 6.45) is 3.22. The van der Waals surface area contributed by atoms with Gasteiger partial charge in [-0.15, -0.1) is 11.6 Å². The fraction of sp³-hybridized carbons (Fsp3) is 0.857. The Balaban J connectivity index is 2.38. The topological polar surface area (TPSA) is 55.4 Å². The van der Waals surface area contributed by atoms with Crippen molar-refractivity contribution in [2.75, 3.05) is 12.5 Å². The van der Waals surface area contributed by atoms with Gasteiger partial charge in [0.05, 0.1) is 17.9 Å². The second-order valence-corrected chi connectivity index (χ2v) is 6.06. The van der Waals surface area contributed by atoms with Gasteiger partial charge in [-0.3, -0.25) is 9.59 Å². The molecule has 0 spiro atoms. The second kappa shape index (κ2) is 7.13. The van der Waals surface area contributed by atoms with E-state index in [0.29, 0.717) is 12.5 Å². The van der Waals surface area contributed by atoms with Crippen molar-refractivity contribution in [1.82, 2.24) is 5.32 Å². The van der Waals surface area contributed by atoms with Crippen LogP contribution in [0.2, 0.25) is 0 Å². The Labute approximate surface area is 120 Å². The van der Waals surface area contributed by atoms with E-state index in [4.69, 9.17) is 16.3 Å². The molecule has 0 aromatic heterocycles. The highest BCUT2D eigenvalue weighted by molar-refractivity contribution is 6.19. The predicted molar refractivity (Wildman–Crippen MR) is 75.0 cm³/mol. The molecular weight excluding hydrogens is 266 g/mol. The van der Waals surface area contributed by atoms with Crippen molar-refractivity contribution in [2.45, 2.75) is 52.5 Å². The average Bonchev–Trinajstić information content (AvgIpc) is 2.39. The van der Waals surface area contributed by atoms with Crippen LogP contribution < -0.4 is 5.32 Å². The minimum Gasteiger partial charge on any atom is -0.466 e. The molecule has 1 aliphatic carbocycles. The van der Waals surface area contributed by atoms with Crippen molar-refractivity contribution < 1.29 is 14.3 Å². The molecule has 1 aliphatic rings. The van der Waals surface area contributed by atoms with E-state index in [1.165, 1.54) is 0 Å². The van der Waals surface area contributed by atoms with Crippen LogP contribution in [0.25, 0.3) is 0 Å². The van der Waals surface area contributed by atoms with E-state index in [-0.39, 0.29) is 23.8 Å². The van der Waals surface area contributed by atoms with E-state index in [1.807, 2.05) is 20.8 Å². The molecule has 1 saturated carbocycles. The first-order valence-electron chi connectivity index (χ1n) is 6.94. The molecule has 5 heteroatoms.